The zero-order valence-corrected chi connectivity index (χ0v) is 16.5. The van der Waals surface area contributed by atoms with Crippen molar-refractivity contribution >= 4 is 21.5 Å². The molecule has 6 heteroatoms. The fourth-order valence-corrected chi connectivity index (χ4v) is 2.71. The normalized spacial score (nSPS) is 11.5. The molecule has 0 saturated heterocycles. The molecule has 3 aromatic carbocycles. The number of ether oxygens (including phenoxy) is 4. The van der Waals surface area contributed by atoms with Crippen molar-refractivity contribution in [3.63, 3.8) is 0 Å². The molecule has 0 heterocycles. The van der Waals surface area contributed by atoms with Crippen molar-refractivity contribution in [1.29, 1.82) is 0 Å². The van der Waals surface area contributed by atoms with Crippen LogP contribution in [0, 0.1) is 0 Å². The minimum atomic E-state index is 0.162. The quantitative estimate of drug-likeness (QED) is 0.668. The van der Waals surface area contributed by atoms with E-state index in [1.165, 1.54) is 0 Å². The van der Waals surface area contributed by atoms with E-state index in [0.29, 0.717) is 18.0 Å². The Bertz CT molecular complexity index is 839. The molecule has 0 saturated carbocycles. The second-order valence-corrected chi connectivity index (χ2v) is 6.14. The van der Waals surface area contributed by atoms with E-state index in [4.69, 9.17) is 30.4 Å². The van der Waals surface area contributed by atoms with Crippen LogP contribution in [0.15, 0.2) is 36.4 Å². The fraction of sp³-hybridized carbons (Fsp3) is 0.333. The molecular weight excluding hydrogens is 344 g/mol. The summed E-state index contributed by atoms with van der Waals surface area (Å²) in [5, 5.41) is 4.32. The number of methoxy groups -OCH3 is 4. The van der Waals surface area contributed by atoms with E-state index in [2.05, 4.69) is 12.1 Å². The maximum absolute atomic E-state index is 5.41. The van der Waals surface area contributed by atoms with Crippen LogP contribution in [-0.4, -0.2) is 41.0 Å². The van der Waals surface area contributed by atoms with Gasteiger partial charge >= 0.3 is 0 Å². The first-order valence-electron chi connectivity index (χ1n) is 8.65. The van der Waals surface area contributed by atoms with Crippen LogP contribution in [0.2, 0.25) is 0 Å². The molecule has 3 rings (SSSR count). The zero-order valence-electron chi connectivity index (χ0n) is 16.5. The summed E-state index contributed by atoms with van der Waals surface area (Å²) in [6.45, 7) is 2.46. The Morgan fingerprint density at radius 3 is 1.26 bits per heavy atom. The summed E-state index contributed by atoms with van der Waals surface area (Å²) in [7, 11) is 6.55. The first-order valence-corrected chi connectivity index (χ1v) is 8.65. The Balaban J connectivity index is 0.000000465. The monoisotopic (exact) mass is 372 g/mol. The molecule has 0 aliphatic carbocycles. The van der Waals surface area contributed by atoms with Crippen molar-refractivity contribution in [2.75, 3.05) is 35.0 Å². The molecular formula is C21H28N2O4. The average Bonchev–Trinajstić information content (AvgIpc) is 2.71. The van der Waals surface area contributed by atoms with Gasteiger partial charge in [0.1, 0.15) is 0 Å². The fourth-order valence-electron chi connectivity index (χ4n) is 2.71. The molecule has 3 aromatic rings. The van der Waals surface area contributed by atoms with Crippen molar-refractivity contribution in [2.45, 2.75) is 13.0 Å². The Hall–Kier alpha value is -2.70. The molecule has 0 amide bonds. The van der Waals surface area contributed by atoms with Gasteiger partial charge in [-0.1, -0.05) is 12.1 Å². The van der Waals surface area contributed by atoms with Gasteiger partial charge in [-0.2, -0.15) is 0 Å². The van der Waals surface area contributed by atoms with Crippen LogP contribution >= 0.6 is 0 Å². The summed E-state index contributed by atoms with van der Waals surface area (Å²) in [4.78, 5) is 0. The second kappa shape index (κ2) is 9.30. The van der Waals surface area contributed by atoms with Crippen LogP contribution in [0.25, 0.3) is 21.5 Å². The van der Waals surface area contributed by atoms with E-state index >= 15 is 0 Å². The van der Waals surface area contributed by atoms with Crippen molar-refractivity contribution in [1.82, 2.24) is 0 Å². The number of benzene rings is 3. The van der Waals surface area contributed by atoms with Gasteiger partial charge in [-0.3, -0.25) is 0 Å². The van der Waals surface area contributed by atoms with E-state index < -0.39 is 0 Å². The van der Waals surface area contributed by atoms with Crippen LogP contribution in [0.1, 0.15) is 6.92 Å². The molecule has 4 N–H and O–H groups in total. The minimum absolute atomic E-state index is 0.162. The first kappa shape index (κ1) is 20.6. The largest absolute Gasteiger partial charge is 0.493 e. The summed E-state index contributed by atoms with van der Waals surface area (Å²) in [5.74, 6) is 2.85. The van der Waals surface area contributed by atoms with E-state index in [9.17, 15) is 0 Å². The van der Waals surface area contributed by atoms with Crippen LogP contribution < -0.4 is 30.4 Å². The predicted octanol–water partition coefficient (Wildman–Crippen LogP) is 3.32. The van der Waals surface area contributed by atoms with Gasteiger partial charge in [-0.15, -0.1) is 0 Å². The molecule has 0 radical (unpaired) electrons. The Labute approximate surface area is 159 Å². The Morgan fingerprint density at radius 1 is 0.704 bits per heavy atom. The highest BCUT2D eigenvalue weighted by Gasteiger charge is 2.11. The molecule has 0 spiro atoms. The summed E-state index contributed by atoms with van der Waals surface area (Å²) in [6, 6.07) is 12.2. The maximum atomic E-state index is 5.41. The van der Waals surface area contributed by atoms with Crippen LogP contribution in [-0.2, 0) is 0 Å². The van der Waals surface area contributed by atoms with Gasteiger partial charge in [0, 0.05) is 12.6 Å². The Kier molecular flexibility index (Phi) is 7.10. The van der Waals surface area contributed by atoms with Gasteiger partial charge in [-0.05, 0) is 52.7 Å². The second-order valence-electron chi connectivity index (χ2n) is 6.14. The molecule has 146 valence electrons. The van der Waals surface area contributed by atoms with E-state index in [1.54, 1.807) is 28.4 Å². The van der Waals surface area contributed by atoms with Crippen LogP contribution in [0.3, 0.4) is 0 Å². The molecule has 0 aromatic heterocycles. The predicted molar refractivity (Wildman–Crippen MR) is 110 cm³/mol. The third-order valence-electron chi connectivity index (χ3n) is 4.22. The van der Waals surface area contributed by atoms with Crippen LogP contribution in [0.5, 0.6) is 23.0 Å². The summed E-state index contributed by atoms with van der Waals surface area (Å²) < 4.78 is 21.6. The number of hydrogen-bond donors (Lipinski definition) is 2. The smallest absolute Gasteiger partial charge is 0.161 e. The topological polar surface area (TPSA) is 89.0 Å². The third kappa shape index (κ3) is 4.53. The highest BCUT2D eigenvalue weighted by atomic mass is 16.5. The van der Waals surface area contributed by atoms with Crippen LogP contribution in [0.4, 0.5) is 0 Å². The van der Waals surface area contributed by atoms with Gasteiger partial charge in [0.15, 0.2) is 23.0 Å². The van der Waals surface area contributed by atoms with E-state index in [-0.39, 0.29) is 6.04 Å². The molecule has 0 bridgehead atoms. The molecule has 1 atom stereocenters. The van der Waals surface area contributed by atoms with Gasteiger partial charge in [0.25, 0.3) is 0 Å². The molecule has 0 aliphatic heterocycles. The van der Waals surface area contributed by atoms with E-state index in [1.807, 2.05) is 31.2 Å². The number of nitrogens with two attached hydrogens (primary N) is 2. The number of rotatable bonds is 5. The highest BCUT2D eigenvalue weighted by molar-refractivity contribution is 6.09. The average molecular weight is 372 g/mol. The standard InChI is InChI=1S/C18H18O4.C3H10N2/c1-19-15-7-11-5-6-12-8-16(20-2)18(22-4)10-14(12)13(11)9-17(15)21-3;1-3(5)2-4/h5-10H,1-4H3;3H,2,4-5H2,1H3. The van der Waals surface area contributed by atoms with Gasteiger partial charge < -0.3 is 30.4 Å². The van der Waals surface area contributed by atoms with Gasteiger partial charge in [0.05, 0.1) is 28.4 Å². The third-order valence-corrected chi connectivity index (χ3v) is 4.22. The lowest BCUT2D eigenvalue weighted by molar-refractivity contribution is 0.355. The first-order chi connectivity index (χ1) is 13.0. The summed E-state index contributed by atoms with van der Waals surface area (Å²) >= 11 is 0. The molecule has 27 heavy (non-hydrogen) atoms. The number of hydrogen-bond acceptors (Lipinski definition) is 6. The summed E-state index contributed by atoms with van der Waals surface area (Å²) in [6.07, 6.45) is 0. The van der Waals surface area contributed by atoms with Crippen molar-refractivity contribution in [3.05, 3.63) is 36.4 Å². The lowest BCUT2D eigenvalue weighted by Crippen LogP contribution is -2.25. The Morgan fingerprint density at radius 2 is 1.00 bits per heavy atom. The van der Waals surface area contributed by atoms with Crippen molar-refractivity contribution < 1.29 is 18.9 Å². The molecule has 6 nitrogen and oxygen atoms in total. The molecule has 1 unspecified atom stereocenters. The van der Waals surface area contributed by atoms with Crippen molar-refractivity contribution in [2.24, 2.45) is 11.5 Å². The lowest BCUT2D eigenvalue weighted by Gasteiger charge is -2.13. The lowest BCUT2D eigenvalue weighted by atomic mass is 10.0. The SMILES string of the molecule is CC(N)CN.COc1cc2ccc3cc(OC)c(OC)cc3c2cc1OC. The molecule has 0 fully saturated rings. The van der Waals surface area contributed by atoms with Gasteiger partial charge in [0.2, 0.25) is 0 Å². The van der Waals surface area contributed by atoms with Gasteiger partial charge in [-0.25, -0.2) is 0 Å². The van der Waals surface area contributed by atoms with Crippen molar-refractivity contribution in [3.8, 4) is 23.0 Å². The zero-order chi connectivity index (χ0) is 20.0. The highest BCUT2D eigenvalue weighted by Crippen LogP contribution is 2.39. The summed E-state index contributed by atoms with van der Waals surface area (Å²) in [5.41, 5.74) is 10.2. The number of fused-ring (bicyclic) bond motifs is 3. The minimum Gasteiger partial charge on any atom is -0.493 e. The van der Waals surface area contributed by atoms with E-state index in [0.717, 1.165) is 33.0 Å². The molecule has 0 aliphatic rings. The maximum Gasteiger partial charge on any atom is 0.161 e.